The van der Waals surface area contributed by atoms with Crippen LogP contribution in [-0.2, 0) is 0 Å². The zero-order chi connectivity index (χ0) is 10.2. The maximum atomic E-state index is 10.6. The molecule has 1 aliphatic rings. The Hall–Kier alpha value is -1.46. The second-order valence-electron chi connectivity index (χ2n) is 3.84. The molecular formula is C7H12N2O4. The van der Waals surface area contributed by atoms with Gasteiger partial charge < -0.3 is 10.2 Å². The molecule has 1 saturated heterocycles. The fourth-order valence-electron chi connectivity index (χ4n) is 1.37. The number of rotatable bonds is 0. The number of carbonyl (C=O) groups is 2. The van der Waals surface area contributed by atoms with Crippen LogP contribution in [0.3, 0.4) is 0 Å². The summed E-state index contributed by atoms with van der Waals surface area (Å²) in [5.74, 6) is 0. The highest BCUT2D eigenvalue weighted by molar-refractivity contribution is 5.72. The van der Waals surface area contributed by atoms with E-state index >= 15 is 0 Å². The van der Waals surface area contributed by atoms with Crippen molar-refractivity contribution >= 4 is 12.2 Å². The Bertz CT molecular complexity index is 227. The minimum atomic E-state index is -1.23. The number of hydrogen-bond acceptors (Lipinski definition) is 2. The summed E-state index contributed by atoms with van der Waals surface area (Å²) in [5.41, 5.74) is -0.309. The molecule has 0 aliphatic carbocycles. The second kappa shape index (κ2) is 2.79. The molecule has 2 amide bonds. The van der Waals surface area contributed by atoms with Gasteiger partial charge in [-0.1, -0.05) is 13.8 Å². The first-order chi connectivity index (χ1) is 5.83. The number of carboxylic acid groups (broad SMARTS) is 2. The Kier molecular flexibility index (Phi) is 2.07. The van der Waals surface area contributed by atoms with Crippen LogP contribution in [0.1, 0.15) is 13.8 Å². The van der Waals surface area contributed by atoms with Gasteiger partial charge in [0.25, 0.3) is 0 Å². The quantitative estimate of drug-likeness (QED) is 0.591. The van der Waals surface area contributed by atoms with E-state index in [9.17, 15) is 9.59 Å². The van der Waals surface area contributed by atoms with E-state index in [1.54, 1.807) is 0 Å². The van der Waals surface area contributed by atoms with Gasteiger partial charge in [0, 0.05) is 5.41 Å². The van der Waals surface area contributed by atoms with Gasteiger partial charge in [0.2, 0.25) is 0 Å². The predicted molar refractivity (Wildman–Crippen MR) is 43.2 cm³/mol. The highest BCUT2D eigenvalue weighted by Gasteiger charge is 2.41. The number of nitrogens with zero attached hydrogens (tertiary/aromatic N) is 2. The van der Waals surface area contributed by atoms with Crippen LogP contribution in [0, 0.1) is 5.41 Å². The lowest BCUT2D eigenvalue weighted by Crippen LogP contribution is -2.43. The number of amides is 2. The Morgan fingerprint density at radius 3 is 1.62 bits per heavy atom. The topological polar surface area (TPSA) is 81.1 Å². The molecule has 0 atom stereocenters. The van der Waals surface area contributed by atoms with Crippen molar-refractivity contribution in [1.29, 1.82) is 0 Å². The Labute approximate surface area is 75.3 Å². The third-order valence-corrected chi connectivity index (χ3v) is 1.89. The molecule has 1 rings (SSSR count). The summed E-state index contributed by atoms with van der Waals surface area (Å²) in [6.07, 6.45) is -2.46. The highest BCUT2D eigenvalue weighted by Crippen LogP contribution is 2.27. The first kappa shape index (κ1) is 9.63. The first-order valence-electron chi connectivity index (χ1n) is 3.84. The van der Waals surface area contributed by atoms with Crippen LogP contribution in [-0.4, -0.2) is 45.5 Å². The molecule has 6 heteroatoms. The summed E-state index contributed by atoms with van der Waals surface area (Å²) in [6.45, 7) is 4.08. The monoisotopic (exact) mass is 188 g/mol. The average molecular weight is 188 g/mol. The molecule has 74 valence electrons. The maximum absolute atomic E-state index is 10.6. The SMILES string of the molecule is CC1(C)CN(C(=O)O)N(C(=O)O)C1. The van der Waals surface area contributed by atoms with Crippen LogP contribution in [0.2, 0.25) is 0 Å². The summed E-state index contributed by atoms with van der Waals surface area (Å²) >= 11 is 0. The van der Waals surface area contributed by atoms with Crippen molar-refractivity contribution in [2.75, 3.05) is 13.1 Å². The van der Waals surface area contributed by atoms with Crippen LogP contribution in [0.25, 0.3) is 0 Å². The van der Waals surface area contributed by atoms with Crippen LogP contribution < -0.4 is 0 Å². The summed E-state index contributed by atoms with van der Waals surface area (Å²) in [4.78, 5) is 21.3. The molecular weight excluding hydrogens is 176 g/mol. The van der Waals surface area contributed by atoms with E-state index in [2.05, 4.69) is 0 Å². The molecule has 0 unspecified atom stereocenters. The van der Waals surface area contributed by atoms with E-state index in [1.807, 2.05) is 13.8 Å². The van der Waals surface area contributed by atoms with E-state index in [0.29, 0.717) is 0 Å². The van der Waals surface area contributed by atoms with E-state index in [-0.39, 0.29) is 18.5 Å². The van der Waals surface area contributed by atoms with Gasteiger partial charge >= 0.3 is 12.2 Å². The summed E-state index contributed by atoms with van der Waals surface area (Å²) in [7, 11) is 0. The summed E-state index contributed by atoms with van der Waals surface area (Å²) < 4.78 is 0. The van der Waals surface area contributed by atoms with Crippen molar-refractivity contribution in [3.63, 3.8) is 0 Å². The van der Waals surface area contributed by atoms with E-state index in [1.165, 1.54) is 0 Å². The molecule has 1 fully saturated rings. The van der Waals surface area contributed by atoms with Crippen molar-refractivity contribution in [3.8, 4) is 0 Å². The van der Waals surface area contributed by atoms with Gasteiger partial charge in [0.05, 0.1) is 13.1 Å². The molecule has 0 aromatic rings. The summed E-state index contributed by atoms with van der Waals surface area (Å²) in [6, 6.07) is 0. The molecule has 0 spiro atoms. The van der Waals surface area contributed by atoms with Gasteiger partial charge in [-0.05, 0) is 0 Å². The zero-order valence-electron chi connectivity index (χ0n) is 7.52. The third kappa shape index (κ3) is 1.82. The molecule has 2 N–H and O–H groups in total. The molecule has 1 aliphatic heterocycles. The molecule has 13 heavy (non-hydrogen) atoms. The van der Waals surface area contributed by atoms with Crippen LogP contribution in [0.5, 0.6) is 0 Å². The van der Waals surface area contributed by atoms with E-state index in [4.69, 9.17) is 10.2 Å². The normalized spacial score (nSPS) is 20.5. The first-order valence-corrected chi connectivity index (χ1v) is 3.84. The van der Waals surface area contributed by atoms with Crippen molar-refractivity contribution in [2.24, 2.45) is 5.41 Å². The Balaban J connectivity index is 2.83. The lowest BCUT2D eigenvalue weighted by molar-refractivity contribution is 0.0355. The molecule has 1 heterocycles. The largest absolute Gasteiger partial charge is 0.464 e. The molecule has 0 saturated carbocycles. The van der Waals surface area contributed by atoms with Crippen molar-refractivity contribution in [2.45, 2.75) is 13.8 Å². The van der Waals surface area contributed by atoms with E-state index in [0.717, 1.165) is 10.0 Å². The van der Waals surface area contributed by atoms with Gasteiger partial charge in [0.1, 0.15) is 0 Å². The molecule has 0 bridgehead atoms. The van der Waals surface area contributed by atoms with Gasteiger partial charge in [-0.3, -0.25) is 0 Å². The number of hydrazine groups is 1. The minimum absolute atomic E-state index is 0.217. The van der Waals surface area contributed by atoms with Crippen molar-refractivity contribution < 1.29 is 19.8 Å². The third-order valence-electron chi connectivity index (χ3n) is 1.89. The molecule has 0 aromatic carbocycles. The second-order valence-corrected chi connectivity index (χ2v) is 3.84. The zero-order valence-corrected chi connectivity index (χ0v) is 7.52. The lowest BCUT2D eigenvalue weighted by Gasteiger charge is -2.21. The standard InChI is InChI=1S/C7H12N2O4/c1-7(2)3-8(5(10)11)9(4-7)6(12)13/h3-4H2,1-2H3,(H,10,11)(H,12,13). The van der Waals surface area contributed by atoms with Crippen LogP contribution in [0.15, 0.2) is 0 Å². The molecule has 6 nitrogen and oxygen atoms in total. The van der Waals surface area contributed by atoms with E-state index < -0.39 is 12.2 Å². The van der Waals surface area contributed by atoms with Gasteiger partial charge in [0.15, 0.2) is 0 Å². The molecule has 0 radical (unpaired) electrons. The van der Waals surface area contributed by atoms with Crippen molar-refractivity contribution in [1.82, 2.24) is 10.0 Å². The smallest absolute Gasteiger partial charge is 0.426 e. The Morgan fingerprint density at radius 2 is 1.38 bits per heavy atom. The van der Waals surface area contributed by atoms with Gasteiger partial charge in [-0.15, -0.1) is 0 Å². The summed E-state index contributed by atoms with van der Waals surface area (Å²) in [5, 5.41) is 19.0. The van der Waals surface area contributed by atoms with Gasteiger partial charge in [-0.25, -0.2) is 19.6 Å². The fourth-order valence-corrected chi connectivity index (χ4v) is 1.37. The number of hydrogen-bond donors (Lipinski definition) is 2. The average Bonchev–Trinajstić information content (AvgIpc) is 2.26. The Morgan fingerprint density at radius 1 is 1.08 bits per heavy atom. The van der Waals surface area contributed by atoms with Gasteiger partial charge in [-0.2, -0.15) is 0 Å². The fraction of sp³-hybridized carbons (Fsp3) is 0.714. The minimum Gasteiger partial charge on any atom is -0.464 e. The maximum Gasteiger partial charge on any atom is 0.426 e. The predicted octanol–water partition coefficient (Wildman–Crippen LogP) is 0.901. The van der Waals surface area contributed by atoms with Crippen molar-refractivity contribution in [3.05, 3.63) is 0 Å². The van der Waals surface area contributed by atoms with Crippen LogP contribution in [0.4, 0.5) is 9.59 Å². The highest BCUT2D eigenvalue weighted by atomic mass is 16.4. The molecule has 0 aromatic heterocycles. The van der Waals surface area contributed by atoms with Crippen LogP contribution >= 0.6 is 0 Å². The lowest BCUT2D eigenvalue weighted by atomic mass is 9.95.